The molecule has 0 aromatic heterocycles. The van der Waals surface area contributed by atoms with Crippen LogP contribution in [0.4, 0.5) is 0 Å². The molecule has 0 unspecified atom stereocenters. The van der Waals surface area contributed by atoms with E-state index in [0.29, 0.717) is 17.0 Å². The number of piperidine rings is 1. The Bertz CT molecular complexity index is 520. The van der Waals surface area contributed by atoms with Crippen LogP contribution in [0, 0.1) is 5.92 Å². The number of methoxy groups -OCH3 is 1. The molecule has 0 saturated carbocycles. The molecule has 0 aliphatic carbocycles. The van der Waals surface area contributed by atoms with Gasteiger partial charge >= 0.3 is 0 Å². The van der Waals surface area contributed by atoms with Crippen LogP contribution in [0.15, 0.2) is 24.3 Å². The molecule has 3 aliphatic rings. The van der Waals surface area contributed by atoms with Crippen LogP contribution in [0.1, 0.15) is 23.2 Å². The second kappa shape index (κ2) is 6.99. The zero-order chi connectivity index (χ0) is 15.5. The zero-order valence-corrected chi connectivity index (χ0v) is 13.8. The van der Waals surface area contributed by atoms with Crippen LogP contribution in [0.5, 0.6) is 0 Å². The fraction of sp³-hybridized carbons (Fsp3) is 0.588. The van der Waals surface area contributed by atoms with Crippen LogP contribution < -0.4 is 0 Å². The van der Waals surface area contributed by atoms with Crippen molar-refractivity contribution in [2.75, 3.05) is 39.9 Å². The lowest BCUT2D eigenvalue weighted by molar-refractivity contribution is 0.0718. The molecule has 5 heteroatoms. The lowest BCUT2D eigenvalue weighted by atomic mass is 9.95. The van der Waals surface area contributed by atoms with Crippen LogP contribution in [-0.4, -0.2) is 61.6 Å². The average molecular weight is 323 g/mol. The van der Waals surface area contributed by atoms with Gasteiger partial charge in [0.05, 0.1) is 6.61 Å². The monoisotopic (exact) mass is 322 g/mol. The van der Waals surface area contributed by atoms with Crippen molar-refractivity contribution in [2.45, 2.75) is 18.9 Å². The second-order valence-electron chi connectivity index (χ2n) is 6.30. The summed E-state index contributed by atoms with van der Waals surface area (Å²) in [6.45, 7) is 4.48. The number of carbonyl (C=O) groups is 1. The van der Waals surface area contributed by atoms with Gasteiger partial charge in [-0.05, 0) is 43.0 Å². The van der Waals surface area contributed by atoms with E-state index in [1.165, 1.54) is 12.8 Å². The molecule has 22 heavy (non-hydrogen) atoms. The van der Waals surface area contributed by atoms with Gasteiger partial charge in [0.2, 0.25) is 0 Å². The molecule has 3 fully saturated rings. The molecule has 4 rings (SSSR count). The maximum Gasteiger partial charge on any atom is 0.253 e. The summed E-state index contributed by atoms with van der Waals surface area (Å²) < 4.78 is 5.21. The summed E-state index contributed by atoms with van der Waals surface area (Å²) in [5, 5.41) is 0.665. The number of hydrogen-bond acceptors (Lipinski definition) is 3. The SMILES string of the molecule is COCCN1C[C@H]2CC[C@@H]1CN(C(=O)c1ccc(Cl)cc1)C2. The highest BCUT2D eigenvalue weighted by Gasteiger charge is 2.36. The minimum atomic E-state index is 0.127. The molecular weight excluding hydrogens is 300 g/mol. The molecule has 1 aromatic rings. The average Bonchev–Trinajstić information content (AvgIpc) is 2.84. The van der Waals surface area contributed by atoms with Gasteiger partial charge in [-0.1, -0.05) is 11.6 Å². The van der Waals surface area contributed by atoms with Crippen molar-refractivity contribution < 1.29 is 9.53 Å². The predicted molar refractivity (Wildman–Crippen MR) is 87.3 cm³/mol. The first-order valence-corrected chi connectivity index (χ1v) is 8.33. The molecule has 3 heterocycles. The van der Waals surface area contributed by atoms with Gasteiger partial charge in [-0.2, -0.15) is 0 Å². The molecule has 1 aromatic carbocycles. The maximum absolute atomic E-state index is 12.7. The van der Waals surface area contributed by atoms with E-state index in [0.717, 1.165) is 38.3 Å². The van der Waals surface area contributed by atoms with Crippen LogP contribution >= 0.6 is 11.6 Å². The van der Waals surface area contributed by atoms with Crippen LogP contribution in [0.25, 0.3) is 0 Å². The van der Waals surface area contributed by atoms with Crippen molar-refractivity contribution in [1.82, 2.24) is 9.80 Å². The Balaban J connectivity index is 1.71. The Labute approximate surface area is 137 Å². The molecule has 0 N–H and O–H groups in total. The molecule has 0 spiro atoms. The molecule has 2 atom stereocenters. The summed E-state index contributed by atoms with van der Waals surface area (Å²) >= 11 is 5.91. The van der Waals surface area contributed by atoms with Crippen molar-refractivity contribution in [3.63, 3.8) is 0 Å². The minimum absolute atomic E-state index is 0.127. The Kier molecular flexibility index (Phi) is 5.01. The van der Waals surface area contributed by atoms with E-state index in [1.54, 1.807) is 19.2 Å². The maximum atomic E-state index is 12.7. The quantitative estimate of drug-likeness (QED) is 0.854. The molecule has 1 amide bonds. The Morgan fingerprint density at radius 3 is 2.73 bits per heavy atom. The normalized spacial score (nSPS) is 25.3. The van der Waals surface area contributed by atoms with Gasteiger partial charge in [0.1, 0.15) is 0 Å². The molecular formula is C17H23ClN2O2. The zero-order valence-electron chi connectivity index (χ0n) is 13.0. The third-order valence-electron chi connectivity index (χ3n) is 4.79. The number of halogens is 1. The Morgan fingerprint density at radius 2 is 2.00 bits per heavy atom. The lowest BCUT2D eigenvalue weighted by Crippen LogP contribution is -2.45. The summed E-state index contributed by atoms with van der Waals surface area (Å²) in [6, 6.07) is 7.67. The lowest BCUT2D eigenvalue weighted by Gasteiger charge is -2.35. The van der Waals surface area contributed by atoms with Crippen molar-refractivity contribution in [1.29, 1.82) is 0 Å². The first kappa shape index (κ1) is 15.8. The molecule has 120 valence electrons. The summed E-state index contributed by atoms with van der Waals surface area (Å²) in [5.74, 6) is 0.703. The van der Waals surface area contributed by atoms with E-state index in [4.69, 9.17) is 16.3 Å². The van der Waals surface area contributed by atoms with Crippen molar-refractivity contribution in [3.05, 3.63) is 34.9 Å². The molecule has 4 nitrogen and oxygen atoms in total. The van der Waals surface area contributed by atoms with Gasteiger partial charge in [-0.15, -0.1) is 0 Å². The van der Waals surface area contributed by atoms with Crippen molar-refractivity contribution >= 4 is 17.5 Å². The standard InChI is InChI=1S/C17H23ClN2O2/c1-22-9-8-19-10-13-2-7-16(19)12-20(11-13)17(21)14-3-5-15(18)6-4-14/h3-6,13,16H,2,7-12H2,1H3/t13-,16-/m1/s1. The molecule has 3 aliphatic heterocycles. The van der Waals surface area contributed by atoms with Crippen LogP contribution in [0.3, 0.4) is 0 Å². The summed E-state index contributed by atoms with van der Waals surface area (Å²) in [5.41, 5.74) is 0.731. The van der Waals surface area contributed by atoms with Gasteiger partial charge < -0.3 is 9.64 Å². The number of hydrogen-bond donors (Lipinski definition) is 0. The first-order chi connectivity index (χ1) is 10.7. The third kappa shape index (κ3) is 3.45. The number of rotatable bonds is 4. The van der Waals surface area contributed by atoms with Crippen molar-refractivity contribution in [3.8, 4) is 0 Å². The highest BCUT2D eigenvalue weighted by Crippen LogP contribution is 2.28. The van der Waals surface area contributed by atoms with Gasteiger partial charge in [0.15, 0.2) is 0 Å². The topological polar surface area (TPSA) is 32.8 Å². The second-order valence-corrected chi connectivity index (χ2v) is 6.74. The van der Waals surface area contributed by atoms with Gasteiger partial charge in [-0.3, -0.25) is 9.69 Å². The number of benzene rings is 1. The summed E-state index contributed by atoms with van der Waals surface area (Å²) in [4.78, 5) is 17.3. The third-order valence-corrected chi connectivity index (χ3v) is 5.04. The fourth-order valence-corrected chi connectivity index (χ4v) is 3.73. The van der Waals surface area contributed by atoms with Crippen LogP contribution in [-0.2, 0) is 4.74 Å². The first-order valence-electron chi connectivity index (χ1n) is 7.95. The molecule has 0 radical (unpaired) electrons. The molecule has 3 saturated heterocycles. The number of amides is 1. The van der Waals surface area contributed by atoms with Gasteiger partial charge in [0.25, 0.3) is 5.91 Å². The summed E-state index contributed by atoms with van der Waals surface area (Å²) in [6.07, 6.45) is 2.40. The highest BCUT2D eigenvalue weighted by atomic mass is 35.5. The Hall–Kier alpha value is -1.10. The highest BCUT2D eigenvalue weighted by molar-refractivity contribution is 6.30. The number of carbonyl (C=O) groups excluding carboxylic acids is 1. The van der Waals surface area contributed by atoms with Gasteiger partial charge in [0, 0.05) is 49.9 Å². The summed E-state index contributed by atoms with van der Waals surface area (Å²) in [7, 11) is 1.74. The smallest absolute Gasteiger partial charge is 0.253 e. The number of fused-ring (bicyclic) bond motifs is 4. The minimum Gasteiger partial charge on any atom is -0.383 e. The van der Waals surface area contributed by atoms with E-state index < -0.39 is 0 Å². The number of ether oxygens (including phenoxy) is 1. The van der Waals surface area contributed by atoms with E-state index in [1.807, 2.05) is 17.0 Å². The van der Waals surface area contributed by atoms with E-state index >= 15 is 0 Å². The van der Waals surface area contributed by atoms with Crippen LogP contribution in [0.2, 0.25) is 5.02 Å². The Morgan fingerprint density at radius 1 is 1.23 bits per heavy atom. The predicted octanol–water partition coefficient (Wildman–Crippen LogP) is 2.52. The van der Waals surface area contributed by atoms with Crippen molar-refractivity contribution in [2.24, 2.45) is 5.92 Å². The largest absolute Gasteiger partial charge is 0.383 e. The van der Waals surface area contributed by atoms with E-state index in [2.05, 4.69) is 4.90 Å². The van der Waals surface area contributed by atoms with E-state index in [9.17, 15) is 4.79 Å². The van der Waals surface area contributed by atoms with Gasteiger partial charge in [-0.25, -0.2) is 0 Å². The van der Waals surface area contributed by atoms with E-state index in [-0.39, 0.29) is 5.91 Å². The fourth-order valence-electron chi connectivity index (χ4n) is 3.60. The number of nitrogens with zero attached hydrogens (tertiary/aromatic N) is 2. The molecule has 2 bridgehead atoms.